The lowest BCUT2D eigenvalue weighted by Crippen LogP contribution is -2.41. The van der Waals surface area contributed by atoms with E-state index in [1.165, 1.54) is 29.2 Å². The van der Waals surface area contributed by atoms with Crippen LogP contribution in [0, 0.1) is 17.2 Å². The summed E-state index contributed by atoms with van der Waals surface area (Å²) in [5, 5.41) is 8.80. The van der Waals surface area contributed by atoms with E-state index in [1.54, 1.807) is 6.07 Å². The van der Waals surface area contributed by atoms with Crippen molar-refractivity contribution in [2.75, 3.05) is 19.7 Å². The number of halogens is 3. The highest BCUT2D eigenvalue weighted by Gasteiger charge is 2.42. The fourth-order valence-corrected chi connectivity index (χ4v) is 2.51. The molecule has 2 rings (SSSR count). The van der Waals surface area contributed by atoms with Gasteiger partial charge in [-0.05, 0) is 18.4 Å². The van der Waals surface area contributed by atoms with Crippen molar-refractivity contribution >= 4 is 5.91 Å². The topological polar surface area (TPSA) is 53.3 Å². The maximum atomic E-state index is 13.1. The minimum Gasteiger partial charge on any atom is -0.354 e. The molecular formula is C16H17F3N2O2. The Morgan fingerprint density at radius 3 is 2.43 bits per heavy atom. The van der Waals surface area contributed by atoms with Crippen LogP contribution in [0.15, 0.2) is 30.3 Å². The van der Waals surface area contributed by atoms with Crippen LogP contribution in [-0.4, -0.2) is 36.7 Å². The lowest BCUT2D eigenvalue weighted by atomic mass is 9.99. The summed E-state index contributed by atoms with van der Waals surface area (Å²) in [7, 11) is 0. The number of likely N-dealkylation sites (tertiary alicyclic amines) is 1. The SMILES string of the molecule is N#CC1CCN(C(=O)CO[C@H](c2ccccc2)C(F)(F)F)CC1. The average Bonchev–Trinajstić information content (AvgIpc) is 2.54. The minimum atomic E-state index is -4.59. The molecule has 1 heterocycles. The van der Waals surface area contributed by atoms with E-state index in [4.69, 9.17) is 10.00 Å². The first kappa shape index (κ1) is 17.3. The third kappa shape index (κ3) is 4.70. The first-order chi connectivity index (χ1) is 10.9. The van der Waals surface area contributed by atoms with Crippen molar-refractivity contribution in [2.45, 2.75) is 25.1 Å². The van der Waals surface area contributed by atoms with Crippen LogP contribution in [0.1, 0.15) is 24.5 Å². The second kappa shape index (κ2) is 7.47. The first-order valence-electron chi connectivity index (χ1n) is 7.32. The molecular weight excluding hydrogens is 309 g/mol. The molecule has 1 aromatic carbocycles. The molecule has 1 aromatic rings. The highest BCUT2D eigenvalue weighted by atomic mass is 19.4. The highest BCUT2D eigenvalue weighted by molar-refractivity contribution is 5.77. The number of carbonyl (C=O) groups excluding carboxylic acids is 1. The summed E-state index contributed by atoms with van der Waals surface area (Å²) < 4.78 is 44.2. The Balaban J connectivity index is 1.94. The monoisotopic (exact) mass is 326 g/mol. The Hall–Kier alpha value is -2.07. The maximum Gasteiger partial charge on any atom is 0.418 e. The largest absolute Gasteiger partial charge is 0.418 e. The molecule has 124 valence electrons. The molecule has 1 amide bonds. The Kier molecular flexibility index (Phi) is 5.61. The van der Waals surface area contributed by atoms with E-state index in [-0.39, 0.29) is 11.5 Å². The number of nitriles is 1. The molecule has 0 bridgehead atoms. The van der Waals surface area contributed by atoms with Crippen LogP contribution in [0.3, 0.4) is 0 Å². The highest BCUT2D eigenvalue weighted by Crippen LogP contribution is 2.35. The van der Waals surface area contributed by atoms with Crippen LogP contribution in [0.2, 0.25) is 0 Å². The molecule has 1 atom stereocenters. The maximum absolute atomic E-state index is 13.1. The summed E-state index contributed by atoms with van der Waals surface area (Å²) in [6, 6.07) is 9.37. The van der Waals surface area contributed by atoms with Gasteiger partial charge in [-0.15, -0.1) is 0 Å². The van der Waals surface area contributed by atoms with E-state index in [9.17, 15) is 18.0 Å². The quantitative estimate of drug-likeness (QED) is 0.854. The molecule has 23 heavy (non-hydrogen) atoms. The first-order valence-corrected chi connectivity index (χ1v) is 7.32. The van der Waals surface area contributed by atoms with Crippen LogP contribution in [0.4, 0.5) is 13.2 Å². The van der Waals surface area contributed by atoms with Gasteiger partial charge in [-0.25, -0.2) is 0 Å². The predicted molar refractivity (Wildman–Crippen MR) is 76.1 cm³/mol. The molecule has 4 nitrogen and oxygen atoms in total. The average molecular weight is 326 g/mol. The number of amides is 1. The van der Waals surface area contributed by atoms with E-state index >= 15 is 0 Å². The van der Waals surface area contributed by atoms with Crippen molar-refractivity contribution in [3.63, 3.8) is 0 Å². The van der Waals surface area contributed by atoms with E-state index in [0.717, 1.165) is 0 Å². The van der Waals surface area contributed by atoms with Crippen LogP contribution in [0.25, 0.3) is 0 Å². The Bertz CT molecular complexity index is 561. The molecule has 0 aromatic heterocycles. The zero-order valence-corrected chi connectivity index (χ0v) is 12.4. The fraction of sp³-hybridized carbons (Fsp3) is 0.500. The number of carbonyl (C=O) groups is 1. The third-order valence-electron chi connectivity index (χ3n) is 3.80. The Morgan fingerprint density at radius 2 is 1.91 bits per heavy atom. The number of piperidine rings is 1. The molecule has 1 saturated heterocycles. The second-order valence-electron chi connectivity index (χ2n) is 5.43. The molecule has 1 fully saturated rings. The zero-order chi connectivity index (χ0) is 16.9. The van der Waals surface area contributed by atoms with Gasteiger partial charge in [-0.1, -0.05) is 30.3 Å². The van der Waals surface area contributed by atoms with Crippen molar-refractivity contribution in [2.24, 2.45) is 5.92 Å². The second-order valence-corrected chi connectivity index (χ2v) is 5.43. The summed E-state index contributed by atoms with van der Waals surface area (Å²) in [6.07, 6.45) is -5.62. The van der Waals surface area contributed by atoms with Gasteiger partial charge in [0.25, 0.3) is 0 Å². The van der Waals surface area contributed by atoms with Crippen molar-refractivity contribution in [1.82, 2.24) is 4.90 Å². The van der Waals surface area contributed by atoms with Gasteiger partial charge in [0.2, 0.25) is 5.91 Å². The van der Waals surface area contributed by atoms with E-state index in [0.29, 0.717) is 25.9 Å². The van der Waals surface area contributed by atoms with E-state index in [2.05, 4.69) is 6.07 Å². The summed E-state index contributed by atoms with van der Waals surface area (Å²) in [5.41, 5.74) is -0.0315. The van der Waals surface area contributed by atoms with Gasteiger partial charge in [0.15, 0.2) is 6.10 Å². The van der Waals surface area contributed by atoms with Crippen molar-refractivity contribution in [1.29, 1.82) is 5.26 Å². The number of alkyl halides is 3. The number of benzene rings is 1. The molecule has 0 aliphatic carbocycles. The van der Waals surface area contributed by atoms with Gasteiger partial charge in [-0.2, -0.15) is 18.4 Å². The van der Waals surface area contributed by atoms with Gasteiger partial charge in [0, 0.05) is 19.0 Å². The van der Waals surface area contributed by atoms with Crippen molar-refractivity contribution in [3.05, 3.63) is 35.9 Å². The molecule has 0 unspecified atom stereocenters. The number of hydrogen-bond donors (Lipinski definition) is 0. The summed E-state index contributed by atoms with van der Waals surface area (Å²) in [6.45, 7) is 0.126. The lowest BCUT2D eigenvalue weighted by Gasteiger charge is -2.30. The number of ether oxygens (including phenoxy) is 1. The van der Waals surface area contributed by atoms with Crippen LogP contribution >= 0.6 is 0 Å². The molecule has 0 N–H and O–H groups in total. The number of rotatable bonds is 4. The van der Waals surface area contributed by atoms with Crippen LogP contribution in [-0.2, 0) is 9.53 Å². The lowest BCUT2D eigenvalue weighted by molar-refractivity contribution is -0.224. The molecule has 0 saturated carbocycles. The van der Waals surface area contributed by atoms with Gasteiger partial charge in [-0.3, -0.25) is 4.79 Å². The van der Waals surface area contributed by atoms with Crippen LogP contribution < -0.4 is 0 Å². The van der Waals surface area contributed by atoms with Gasteiger partial charge >= 0.3 is 6.18 Å². The fourth-order valence-electron chi connectivity index (χ4n) is 2.51. The predicted octanol–water partition coefficient (Wildman–Crippen LogP) is 3.07. The summed E-state index contributed by atoms with van der Waals surface area (Å²) >= 11 is 0. The summed E-state index contributed by atoms with van der Waals surface area (Å²) in [5.74, 6) is -0.571. The van der Waals surface area contributed by atoms with Gasteiger partial charge in [0.05, 0.1) is 6.07 Å². The Morgan fingerprint density at radius 1 is 1.30 bits per heavy atom. The van der Waals surface area contributed by atoms with Crippen LogP contribution in [0.5, 0.6) is 0 Å². The zero-order valence-electron chi connectivity index (χ0n) is 12.4. The van der Waals surface area contributed by atoms with Crippen molar-refractivity contribution < 1.29 is 22.7 Å². The van der Waals surface area contributed by atoms with Gasteiger partial charge < -0.3 is 9.64 Å². The van der Waals surface area contributed by atoms with E-state index < -0.39 is 24.8 Å². The Labute approximate surface area is 132 Å². The summed E-state index contributed by atoms with van der Waals surface area (Å²) in [4.78, 5) is 13.5. The van der Waals surface area contributed by atoms with Crippen molar-refractivity contribution in [3.8, 4) is 6.07 Å². The number of nitrogens with zero attached hydrogens (tertiary/aromatic N) is 2. The third-order valence-corrected chi connectivity index (χ3v) is 3.80. The molecule has 1 aliphatic heterocycles. The minimum absolute atomic E-state index is 0.0315. The van der Waals surface area contributed by atoms with Gasteiger partial charge in [0.1, 0.15) is 6.61 Å². The molecule has 0 radical (unpaired) electrons. The normalized spacial score (nSPS) is 17.6. The molecule has 0 spiro atoms. The number of hydrogen-bond acceptors (Lipinski definition) is 3. The van der Waals surface area contributed by atoms with E-state index in [1.807, 2.05) is 0 Å². The molecule has 7 heteroatoms. The molecule has 1 aliphatic rings. The standard InChI is InChI=1S/C16H17F3N2O2/c17-16(18,19)15(13-4-2-1-3-5-13)23-11-14(22)21-8-6-12(10-20)7-9-21/h1-5,12,15H,6-9,11H2/t15-/m1/s1. The smallest absolute Gasteiger partial charge is 0.354 e.